The highest BCUT2D eigenvalue weighted by atomic mass is 35.5. The van der Waals surface area contributed by atoms with E-state index in [4.69, 9.17) is 16.7 Å². The van der Waals surface area contributed by atoms with Crippen molar-refractivity contribution in [3.05, 3.63) is 34.6 Å². The third kappa shape index (κ3) is 4.87. The molecule has 0 aliphatic carbocycles. The van der Waals surface area contributed by atoms with Gasteiger partial charge >= 0.3 is 5.97 Å². The summed E-state index contributed by atoms with van der Waals surface area (Å²) in [6.07, 6.45) is 0.651. The van der Waals surface area contributed by atoms with Crippen molar-refractivity contribution in [1.82, 2.24) is 5.32 Å². The number of halogens is 2. The predicted molar refractivity (Wildman–Crippen MR) is 69.8 cm³/mol. The molecule has 0 spiro atoms. The van der Waals surface area contributed by atoms with E-state index < -0.39 is 17.7 Å². The summed E-state index contributed by atoms with van der Waals surface area (Å²) in [5, 5.41) is 11.2. The minimum Gasteiger partial charge on any atom is -0.481 e. The summed E-state index contributed by atoms with van der Waals surface area (Å²) in [5.41, 5.74) is 0.247. The Hall–Kier alpha value is -1.62. The Morgan fingerprint density at radius 2 is 2.16 bits per heavy atom. The normalized spacial score (nSPS) is 11.9. The van der Waals surface area contributed by atoms with Crippen molar-refractivity contribution in [3.8, 4) is 0 Å². The van der Waals surface area contributed by atoms with Gasteiger partial charge < -0.3 is 10.4 Å². The maximum absolute atomic E-state index is 12.9. The number of amides is 1. The van der Waals surface area contributed by atoms with Gasteiger partial charge in [0.05, 0.1) is 5.02 Å². The second-order valence-electron chi connectivity index (χ2n) is 4.21. The first-order chi connectivity index (χ1) is 8.93. The van der Waals surface area contributed by atoms with Crippen LogP contribution in [0.3, 0.4) is 0 Å². The van der Waals surface area contributed by atoms with Crippen LogP contribution in [0, 0.1) is 11.7 Å². The molecular weight excluding hydrogens is 273 g/mol. The van der Waals surface area contributed by atoms with Crippen LogP contribution in [0.1, 0.15) is 30.1 Å². The Labute approximate surface area is 115 Å². The Morgan fingerprint density at radius 3 is 2.68 bits per heavy atom. The van der Waals surface area contributed by atoms with Crippen molar-refractivity contribution in [1.29, 1.82) is 0 Å². The van der Waals surface area contributed by atoms with Gasteiger partial charge in [-0.3, -0.25) is 9.59 Å². The molecule has 4 nitrogen and oxygen atoms in total. The number of carbonyl (C=O) groups excluding carboxylic acids is 1. The van der Waals surface area contributed by atoms with Crippen molar-refractivity contribution in [2.24, 2.45) is 5.92 Å². The van der Waals surface area contributed by atoms with Crippen LogP contribution in [0.5, 0.6) is 0 Å². The first-order valence-electron chi connectivity index (χ1n) is 5.89. The Kier molecular flexibility index (Phi) is 5.76. The number of hydrogen-bond donors (Lipinski definition) is 2. The smallest absolute Gasteiger partial charge is 0.303 e. The molecule has 6 heteroatoms. The average Bonchev–Trinajstić information content (AvgIpc) is 2.36. The van der Waals surface area contributed by atoms with Crippen molar-refractivity contribution in [2.75, 3.05) is 6.54 Å². The molecule has 1 aromatic rings. The third-order valence-corrected chi connectivity index (χ3v) is 3.06. The number of aliphatic carboxylic acids is 1. The van der Waals surface area contributed by atoms with Crippen LogP contribution in [0.2, 0.25) is 5.02 Å². The van der Waals surface area contributed by atoms with Gasteiger partial charge in [-0.2, -0.15) is 0 Å². The minimum absolute atomic E-state index is 0.000946. The maximum Gasteiger partial charge on any atom is 0.303 e. The second kappa shape index (κ2) is 7.09. The number of nitrogens with one attached hydrogen (secondary N) is 1. The SMILES string of the molecule is CCC(CNC(=O)c1ccc(F)c(Cl)c1)CC(=O)O. The number of rotatable bonds is 6. The number of carboxylic acids is 1. The number of carboxylic acid groups (broad SMARTS) is 1. The van der Waals surface area contributed by atoms with Gasteiger partial charge in [-0.05, 0) is 24.1 Å². The van der Waals surface area contributed by atoms with Crippen LogP contribution >= 0.6 is 11.6 Å². The molecule has 0 heterocycles. The van der Waals surface area contributed by atoms with Crippen molar-refractivity contribution in [2.45, 2.75) is 19.8 Å². The van der Waals surface area contributed by atoms with Crippen LogP contribution in [0.15, 0.2) is 18.2 Å². The van der Waals surface area contributed by atoms with Crippen LogP contribution in [0.25, 0.3) is 0 Å². The van der Waals surface area contributed by atoms with Crippen molar-refractivity contribution in [3.63, 3.8) is 0 Å². The van der Waals surface area contributed by atoms with Gasteiger partial charge in [-0.25, -0.2) is 4.39 Å². The highest BCUT2D eigenvalue weighted by Gasteiger charge is 2.14. The fourth-order valence-corrected chi connectivity index (χ4v) is 1.76. The van der Waals surface area contributed by atoms with E-state index in [0.29, 0.717) is 6.42 Å². The van der Waals surface area contributed by atoms with E-state index in [-0.39, 0.29) is 29.5 Å². The molecule has 0 aliphatic rings. The fraction of sp³-hybridized carbons (Fsp3) is 0.385. The van der Waals surface area contributed by atoms with E-state index in [1.165, 1.54) is 12.1 Å². The molecule has 0 radical (unpaired) electrons. The second-order valence-corrected chi connectivity index (χ2v) is 4.62. The number of benzene rings is 1. The molecule has 1 atom stereocenters. The van der Waals surface area contributed by atoms with Crippen molar-refractivity contribution >= 4 is 23.5 Å². The van der Waals surface area contributed by atoms with Crippen LogP contribution < -0.4 is 5.32 Å². The zero-order chi connectivity index (χ0) is 14.4. The molecule has 0 saturated carbocycles. The molecule has 1 amide bonds. The minimum atomic E-state index is -0.897. The Balaban J connectivity index is 2.59. The van der Waals surface area contributed by atoms with Gasteiger partial charge in [0.15, 0.2) is 0 Å². The first-order valence-corrected chi connectivity index (χ1v) is 6.26. The van der Waals surface area contributed by atoms with Crippen LogP contribution in [-0.4, -0.2) is 23.5 Å². The highest BCUT2D eigenvalue weighted by Crippen LogP contribution is 2.16. The van der Waals surface area contributed by atoms with E-state index in [1.807, 2.05) is 6.92 Å². The lowest BCUT2D eigenvalue weighted by molar-refractivity contribution is -0.138. The molecule has 2 N–H and O–H groups in total. The van der Waals surface area contributed by atoms with Crippen LogP contribution in [-0.2, 0) is 4.79 Å². The van der Waals surface area contributed by atoms with E-state index in [9.17, 15) is 14.0 Å². The standard InChI is InChI=1S/C13H15ClFNO3/c1-2-8(5-12(17)18)7-16-13(19)9-3-4-11(15)10(14)6-9/h3-4,6,8H,2,5,7H2,1H3,(H,16,19)(H,17,18). The summed E-state index contributed by atoms with van der Waals surface area (Å²) in [4.78, 5) is 22.4. The molecule has 0 fully saturated rings. The summed E-state index contributed by atoms with van der Waals surface area (Å²) in [7, 11) is 0. The number of carbonyl (C=O) groups is 2. The monoisotopic (exact) mass is 287 g/mol. The van der Waals surface area contributed by atoms with Gasteiger partial charge in [0.2, 0.25) is 0 Å². The molecule has 1 aromatic carbocycles. The topological polar surface area (TPSA) is 66.4 Å². The van der Waals surface area contributed by atoms with E-state index in [0.717, 1.165) is 6.07 Å². The third-order valence-electron chi connectivity index (χ3n) is 2.77. The zero-order valence-corrected chi connectivity index (χ0v) is 11.2. The molecule has 0 aromatic heterocycles. The maximum atomic E-state index is 12.9. The van der Waals surface area contributed by atoms with E-state index >= 15 is 0 Å². The summed E-state index contributed by atoms with van der Waals surface area (Å²) < 4.78 is 12.9. The molecule has 1 unspecified atom stereocenters. The van der Waals surface area contributed by atoms with Gasteiger partial charge in [-0.15, -0.1) is 0 Å². The molecule has 0 saturated heterocycles. The average molecular weight is 288 g/mol. The van der Waals surface area contributed by atoms with E-state index in [2.05, 4.69) is 5.32 Å². The fourth-order valence-electron chi connectivity index (χ4n) is 1.58. The summed E-state index contributed by atoms with van der Waals surface area (Å²) in [6.45, 7) is 2.12. The summed E-state index contributed by atoms with van der Waals surface area (Å²) in [5.74, 6) is -2.01. The largest absolute Gasteiger partial charge is 0.481 e. The lowest BCUT2D eigenvalue weighted by Crippen LogP contribution is -2.30. The lowest BCUT2D eigenvalue weighted by Gasteiger charge is -2.13. The van der Waals surface area contributed by atoms with Gasteiger partial charge in [-0.1, -0.05) is 24.9 Å². The first kappa shape index (κ1) is 15.4. The van der Waals surface area contributed by atoms with Gasteiger partial charge in [0.25, 0.3) is 5.91 Å². The Morgan fingerprint density at radius 1 is 1.47 bits per heavy atom. The van der Waals surface area contributed by atoms with E-state index in [1.54, 1.807) is 0 Å². The summed E-state index contributed by atoms with van der Waals surface area (Å²) >= 11 is 5.58. The lowest BCUT2D eigenvalue weighted by atomic mass is 10.0. The van der Waals surface area contributed by atoms with Crippen molar-refractivity contribution < 1.29 is 19.1 Å². The highest BCUT2D eigenvalue weighted by molar-refractivity contribution is 6.31. The predicted octanol–water partition coefficient (Wildman–Crippen LogP) is 2.71. The zero-order valence-electron chi connectivity index (χ0n) is 10.5. The molecule has 104 valence electrons. The molecule has 1 rings (SSSR count). The van der Waals surface area contributed by atoms with Gasteiger partial charge in [0, 0.05) is 18.5 Å². The molecule has 0 aliphatic heterocycles. The van der Waals surface area contributed by atoms with Crippen LogP contribution in [0.4, 0.5) is 4.39 Å². The Bertz CT molecular complexity index is 479. The quantitative estimate of drug-likeness (QED) is 0.845. The molecule has 0 bridgehead atoms. The molecule has 19 heavy (non-hydrogen) atoms. The number of hydrogen-bond acceptors (Lipinski definition) is 2. The van der Waals surface area contributed by atoms with Gasteiger partial charge in [0.1, 0.15) is 5.82 Å². The molecular formula is C13H15ClFNO3. The summed E-state index contributed by atoms with van der Waals surface area (Å²) in [6, 6.07) is 3.69.